The summed E-state index contributed by atoms with van der Waals surface area (Å²) in [5.74, 6) is -9.03. The third-order valence-electron chi connectivity index (χ3n) is 12.3. The maximum atomic E-state index is 13.7. The first-order valence-electron chi connectivity index (χ1n) is 24.4. The molecule has 0 unspecified atom stereocenters. The number of amides is 3. The molecule has 0 radical (unpaired) electrons. The molecule has 0 fully saturated rings. The number of fused-ring (bicyclic) bond motifs is 1. The van der Waals surface area contributed by atoms with E-state index in [2.05, 4.69) is 15.5 Å². The van der Waals surface area contributed by atoms with Gasteiger partial charge in [0.15, 0.2) is 17.5 Å². The van der Waals surface area contributed by atoms with Gasteiger partial charge < -0.3 is 39.6 Å². The number of nitrogens with one attached hydrogen (secondary N) is 1. The minimum Gasteiger partial charge on any atom is -0.465 e. The van der Waals surface area contributed by atoms with E-state index in [1.165, 1.54) is 72.4 Å². The molecule has 16 nitrogen and oxygen atoms in total. The molecule has 3 N–H and O–H groups in total. The Balaban J connectivity index is 0.000000309. The van der Waals surface area contributed by atoms with Crippen molar-refractivity contribution < 1.29 is 82.5 Å². The molecule has 6 aromatic rings. The summed E-state index contributed by atoms with van der Waals surface area (Å²) in [6.07, 6.45) is -10.0. The predicted octanol–water partition coefficient (Wildman–Crippen LogP) is 8.49. The number of hydrogen-bond acceptors (Lipinski definition) is 12. The summed E-state index contributed by atoms with van der Waals surface area (Å²) >= 11 is 0. The summed E-state index contributed by atoms with van der Waals surface area (Å²) in [5.41, 5.74) is 4.26. The molecule has 1 aliphatic rings. The van der Waals surface area contributed by atoms with Crippen molar-refractivity contribution in [3.05, 3.63) is 172 Å². The molecular weight excluding hydrogens is 1070 g/mol. The predicted molar refractivity (Wildman–Crippen MR) is 268 cm³/mol. The Morgan fingerprint density at radius 2 is 1.32 bits per heavy atom. The Bertz CT molecular complexity index is 3210. The van der Waals surface area contributed by atoms with E-state index in [0.29, 0.717) is 28.8 Å². The number of carbonyl (C=O) groups is 6. The highest BCUT2D eigenvalue weighted by molar-refractivity contribution is 6.12. The minimum atomic E-state index is -4.64. The van der Waals surface area contributed by atoms with Crippen LogP contribution in [0.5, 0.6) is 0 Å². The summed E-state index contributed by atoms with van der Waals surface area (Å²) in [7, 11) is 3.01. The van der Waals surface area contributed by atoms with Crippen molar-refractivity contribution in [2.24, 2.45) is 5.73 Å². The molecule has 0 bridgehead atoms. The number of nitrogens with zero attached hydrogens (tertiary/aromatic N) is 5. The Morgan fingerprint density at radius 3 is 1.94 bits per heavy atom. The highest BCUT2D eigenvalue weighted by atomic mass is 19.4. The van der Waals surface area contributed by atoms with Crippen LogP contribution in [0.1, 0.15) is 74.9 Å². The molecule has 2 heterocycles. The van der Waals surface area contributed by atoms with Crippen LogP contribution in [-0.2, 0) is 77.1 Å². The van der Waals surface area contributed by atoms with E-state index in [4.69, 9.17) is 19.9 Å². The van der Waals surface area contributed by atoms with E-state index in [9.17, 15) is 68.3 Å². The van der Waals surface area contributed by atoms with Crippen LogP contribution in [0.2, 0.25) is 0 Å². The molecule has 25 heteroatoms. The van der Waals surface area contributed by atoms with Gasteiger partial charge in [-0.2, -0.15) is 26.3 Å². The molecule has 1 atom stereocenters. The van der Waals surface area contributed by atoms with E-state index >= 15 is 0 Å². The van der Waals surface area contributed by atoms with Gasteiger partial charge >= 0.3 is 30.3 Å². The number of hydrogen-bond donors (Lipinski definition) is 2. The van der Waals surface area contributed by atoms with Crippen molar-refractivity contribution in [2.75, 3.05) is 45.8 Å². The topological polar surface area (TPSA) is 205 Å². The summed E-state index contributed by atoms with van der Waals surface area (Å²) < 4.78 is 135. The maximum Gasteiger partial charge on any atom is 0.451 e. The normalized spacial score (nSPS) is 12.8. The molecule has 0 aliphatic carbocycles. The Hall–Kier alpha value is -8.61. The third-order valence-corrected chi connectivity index (χ3v) is 12.3. The van der Waals surface area contributed by atoms with Crippen LogP contribution < -0.4 is 11.1 Å². The molecule has 424 valence electrons. The number of esters is 3. The van der Waals surface area contributed by atoms with Crippen molar-refractivity contribution in [1.29, 1.82) is 0 Å². The molecule has 1 aromatic heterocycles. The van der Waals surface area contributed by atoms with Crippen LogP contribution >= 0.6 is 0 Å². The lowest BCUT2D eigenvalue weighted by Crippen LogP contribution is -2.50. The molecule has 0 saturated heterocycles. The number of alkyl halides is 6. The van der Waals surface area contributed by atoms with Crippen LogP contribution in [0.4, 0.5) is 45.2 Å². The molecule has 3 amide bonds. The van der Waals surface area contributed by atoms with Crippen LogP contribution in [-0.4, -0.2) is 107 Å². The zero-order chi connectivity index (χ0) is 58.7. The number of aromatic nitrogens is 3. The summed E-state index contributed by atoms with van der Waals surface area (Å²) in [5, 5.41) is 9.31. The lowest BCUT2D eigenvalue weighted by molar-refractivity contribution is -0.170. The largest absolute Gasteiger partial charge is 0.465 e. The number of carbonyl (C=O) groups excluding carboxylic acids is 6. The van der Waals surface area contributed by atoms with Crippen molar-refractivity contribution in [2.45, 2.75) is 70.0 Å². The zero-order valence-electron chi connectivity index (χ0n) is 43.2. The SMILES string of the molecule is CCOC(=O)C(COC(=O)Cc1ccc(NC(=O)c2ccccc2-c2ccc(C(F)(F)F)cc2)c(C(=O)N(C)C)c1)(C(=O)OCC)c1ccccc1.N[C@@H](CC(=O)N1CCn2c(nnc2C(F)(F)F)C1)Cc1cc(F)c(F)cc1F. The fraction of sp³-hybridized carbons (Fsp3) is 0.309. The number of ether oxygens (including phenoxy) is 3. The smallest absolute Gasteiger partial charge is 0.451 e. The molecule has 1 aliphatic heterocycles. The van der Waals surface area contributed by atoms with E-state index in [0.717, 1.165) is 16.7 Å². The summed E-state index contributed by atoms with van der Waals surface area (Å²) in [4.78, 5) is 81.5. The monoisotopic (exact) mass is 1130 g/mol. The average Bonchev–Trinajstić information content (AvgIpc) is 3.96. The molecule has 0 spiro atoms. The number of nitrogens with two attached hydrogens (primary N) is 1. The third kappa shape index (κ3) is 14.5. The second-order valence-corrected chi connectivity index (χ2v) is 18.1. The second kappa shape index (κ2) is 25.9. The van der Waals surface area contributed by atoms with Crippen LogP contribution in [0, 0.1) is 17.5 Å². The fourth-order valence-corrected chi connectivity index (χ4v) is 8.36. The van der Waals surface area contributed by atoms with Gasteiger partial charge in [0, 0.05) is 51.3 Å². The van der Waals surface area contributed by atoms with Gasteiger partial charge in [-0.3, -0.25) is 28.8 Å². The maximum absolute atomic E-state index is 13.7. The lowest BCUT2D eigenvalue weighted by atomic mass is 9.81. The fourth-order valence-electron chi connectivity index (χ4n) is 8.36. The molecule has 0 saturated carbocycles. The first kappa shape index (κ1) is 60.6. The van der Waals surface area contributed by atoms with E-state index in [-0.39, 0.29) is 85.9 Å². The van der Waals surface area contributed by atoms with E-state index < -0.39 is 94.9 Å². The Kier molecular flexibility index (Phi) is 19.6. The Morgan fingerprint density at radius 1 is 0.700 bits per heavy atom. The molecule has 5 aromatic carbocycles. The van der Waals surface area contributed by atoms with Gasteiger partial charge in [0.05, 0.1) is 43.0 Å². The van der Waals surface area contributed by atoms with Crippen molar-refractivity contribution in [1.82, 2.24) is 24.6 Å². The summed E-state index contributed by atoms with van der Waals surface area (Å²) in [6.45, 7) is 2.02. The molecular formula is C55H52F9N7O9. The molecule has 80 heavy (non-hydrogen) atoms. The van der Waals surface area contributed by atoms with Crippen molar-refractivity contribution in [3.63, 3.8) is 0 Å². The number of benzene rings is 5. The highest BCUT2D eigenvalue weighted by Gasteiger charge is 2.52. The molecule has 7 rings (SSSR count). The van der Waals surface area contributed by atoms with Crippen LogP contribution in [0.3, 0.4) is 0 Å². The number of halogens is 9. The highest BCUT2D eigenvalue weighted by Crippen LogP contribution is 2.34. The van der Waals surface area contributed by atoms with Gasteiger partial charge in [-0.1, -0.05) is 66.7 Å². The second-order valence-electron chi connectivity index (χ2n) is 18.1. The number of rotatable bonds is 17. The number of anilines is 1. The van der Waals surface area contributed by atoms with Gasteiger partial charge in [0.25, 0.3) is 11.8 Å². The van der Waals surface area contributed by atoms with Crippen molar-refractivity contribution in [3.8, 4) is 11.1 Å². The quantitative estimate of drug-likeness (QED) is 0.0290. The van der Waals surface area contributed by atoms with Crippen molar-refractivity contribution >= 4 is 41.3 Å². The van der Waals surface area contributed by atoms with Gasteiger partial charge in [-0.15, -0.1) is 10.2 Å². The zero-order valence-corrected chi connectivity index (χ0v) is 43.2. The Labute approximate surface area is 451 Å². The van der Waals surface area contributed by atoms with Gasteiger partial charge in [-0.25, -0.2) is 13.2 Å². The van der Waals surface area contributed by atoms with E-state index in [1.807, 2.05) is 0 Å². The van der Waals surface area contributed by atoms with E-state index in [1.54, 1.807) is 50.2 Å². The first-order chi connectivity index (χ1) is 37.8. The van der Waals surface area contributed by atoms with Crippen LogP contribution in [0.25, 0.3) is 11.1 Å². The van der Waals surface area contributed by atoms with Crippen LogP contribution in [0.15, 0.2) is 109 Å². The van der Waals surface area contributed by atoms with Gasteiger partial charge in [0.2, 0.25) is 17.1 Å². The standard InChI is InChI=1S/C39H37F3N2O8.C16H15F6N5O/c1-5-50-36(48)38(37(49)51-6-2,27-12-8-7-9-13-27)24-52-33(45)23-25-16-21-32(31(22-25)35(47)44(3)4)43-34(46)30-15-11-10-14-29(30)26-17-19-28(20-18-26)39(40,41)42;17-10-6-12(19)11(18)4-8(10)3-9(23)5-14(28)26-1-2-27-13(7-26)24-25-15(27)16(20,21)22/h7-22H,5-6,23-24H2,1-4H3,(H,43,46);4,6,9H,1-3,5,7,23H2/t;9-/m.1/s1. The van der Waals surface area contributed by atoms with Gasteiger partial charge in [-0.05, 0) is 84.5 Å². The summed E-state index contributed by atoms with van der Waals surface area (Å²) in [6, 6.07) is 23.2. The lowest BCUT2D eigenvalue weighted by Gasteiger charge is -2.29. The first-order valence-corrected chi connectivity index (χ1v) is 24.4. The van der Waals surface area contributed by atoms with Gasteiger partial charge in [0.1, 0.15) is 12.4 Å². The minimum absolute atomic E-state index is 0.000783. The average molecular weight is 1130 g/mol.